The first-order chi connectivity index (χ1) is 12.4. The predicted octanol–water partition coefficient (Wildman–Crippen LogP) is 5.54. The van der Waals surface area contributed by atoms with E-state index in [4.69, 9.17) is 11.6 Å². The van der Waals surface area contributed by atoms with Gasteiger partial charge in [0.05, 0.1) is 27.7 Å². The molecule has 0 aliphatic carbocycles. The minimum atomic E-state index is -4.48. The highest BCUT2D eigenvalue weighted by molar-refractivity contribution is 7.98. The normalized spacial score (nSPS) is 13.1. The summed E-state index contributed by atoms with van der Waals surface area (Å²) in [6.45, 7) is 0. The zero-order chi connectivity index (χ0) is 18.7. The summed E-state index contributed by atoms with van der Waals surface area (Å²) in [5.74, 6) is 1.73. The molecule has 1 atom stereocenters. The highest BCUT2D eigenvalue weighted by atomic mass is 35.5. The summed E-state index contributed by atoms with van der Waals surface area (Å²) in [6.07, 6.45) is -1.01. The summed E-state index contributed by atoms with van der Waals surface area (Å²) >= 11 is 7.69. The lowest BCUT2D eigenvalue weighted by Gasteiger charge is -2.18. The van der Waals surface area contributed by atoms with Gasteiger partial charge in [-0.25, -0.2) is 9.97 Å². The summed E-state index contributed by atoms with van der Waals surface area (Å²) in [7, 11) is 0. The van der Waals surface area contributed by atoms with Crippen LogP contribution in [0, 0.1) is 0 Å². The predicted molar refractivity (Wildman–Crippen MR) is 99.7 cm³/mol. The van der Waals surface area contributed by atoms with Crippen LogP contribution in [0.5, 0.6) is 0 Å². The van der Waals surface area contributed by atoms with Crippen molar-refractivity contribution in [2.75, 3.05) is 17.3 Å². The molecule has 0 aliphatic rings. The Morgan fingerprint density at radius 3 is 2.73 bits per heavy atom. The molecule has 2 aromatic heterocycles. The summed E-state index contributed by atoms with van der Waals surface area (Å²) in [4.78, 5) is 11.7. The monoisotopic (exact) mass is 400 g/mol. The van der Waals surface area contributed by atoms with Crippen molar-refractivity contribution in [3.05, 3.63) is 52.9 Å². The molecule has 0 fully saturated rings. The number of thioether (sulfide) groups is 1. The van der Waals surface area contributed by atoms with E-state index in [1.807, 2.05) is 30.5 Å². The van der Waals surface area contributed by atoms with Crippen molar-refractivity contribution >= 4 is 40.2 Å². The lowest BCUT2D eigenvalue weighted by atomic mass is 10.2. The second-order valence-electron chi connectivity index (χ2n) is 5.67. The van der Waals surface area contributed by atoms with Crippen LogP contribution >= 0.6 is 23.4 Å². The Hall–Kier alpha value is -1.93. The van der Waals surface area contributed by atoms with Gasteiger partial charge in [-0.15, -0.1) is 0 Å². The Morgan fingerprint density at radius 2 is 2.08 bits per heavy atom. The van der Waals surface area contributed by atoms with Crippen LogP contribution in [0.3, 0.4) is 0 Å². The van der Waals surface area contributed by atoms with Gasteiger partial charge in [0.25, 0.3) is 0 Å². The number of para-hydroxylation sites is 2. The van der Waals surface area contributed by atoms with E-state index in [9.17, 15) is 13.2 Å². The number of aromatic amines is 1. The maximum Gasteiger partial charge on any atom is 0.417 e. The van der Waals surface area contributed by atoms with E-state index in [1.54, 1.807) is 11.8 Å². The van der Waals surface area contributed by atoms with Gasteiger partial charge in [-0.3, -0.25) is 0 Å². The third-order valence-corrected chi connectivity index (χ3v) is 4.76. The minimum Gasteiger partial charge on any atom is -0.359 e. The number of nitrogens with one attached hydrogen (secondary N) is 2. The van der Waals surface area contributed by atoms with E-state index in [0.717, 1.165) is 29.0 Å². The molecule has 2 N–H and O–H groups in total. The van der Waals surface area contributed by atoms with Gasteiger partial charge < -0.3 is 10.3 Å². The van der Waals surface area contributed by atoms with Gasteiger partial charge >= 0.3 is 6.18 Å². The fourth-order valence-corrected chi connectivity index (χ4v) is 3.21. The van der Waals surface area contributed by atoms with Crippen LogP contribution < -0.4 is 5.32 Å². The van der Waals surface area contributed by atoms with E-state index in [-0.39, 0.29) is 16.9 Å². The highest BCUT2D eigenvalue weighted by Crippen LogP contribution is 2.34. The summed E-state index contributed by atoms with van der Waals surface area (Å²) in [5.41, 5.74) is 0.840. The molecule has 0 saturated heterocycles. The summed E-state index contributed by atoms with van der Waals surface area (Å²) in [6, 6.07) is 8.23. The van der Waals surface area contributed by atoms with Gasteiger partial charge in [-0.1, -0.05) is 23.7 Å². The molecular weight excluding hydrogens is 385 g/mol. The number of halogens is 4. The Bertz CT molecular complexity index is 864. The maximum absolute atomic E-state index is 12.8. The van der Waals surface area contributed by atoms with Crippen molar-refractivity contribution in [3.63, 3.8) is 0 Å². The number of alkyl halides is 3. The molecule has 0 radical (unpaired) electrons. The van der Waals surface area contributed by atoms with Crippen molar-refractivity contribution in [1.29, 1.82) is 0 Å². The second-order valence-corrected chi connectivity index (χ2v) is 7.06. The molecule has 0 spiro atoms. The number of nitrogens with zero attached hydrogens (tertiary/aromatic N) is 2. The Labute approximate surface area is 157 Å². The van der Waals surface area contributed by atoms with Gasteiger partial charge in [0, 0.05) is 6.20 Å². The van der Waals surface area contributed by atoms with Gasteiger partial charge in [0.2, 0.25) is 0 Å². The molecule has 0 amide bonds. The Morgan fingerprint density at radius 1 is 1.31 bits per heavy atom. The van der Waals surface area contributed by atoms with Crippen LogP contribution in [0.15, 0.2) is 36.5 Å². The molecule has 3 rings (SSSR count). The smallest absolute Gasteiger partial charge is 0.359 e. The van der Waals surface area contributed by atoms with Gasteiger partial charge in [-0.2, -0.15) is 24.9 Å². The standard InChI is InChI=1S/C17H16ClF3N4S/c1-26-7-6-14(16-23-12-4-2-3-5-13(12)24-16)25-15-11(18)8-10(9-22-15)17(19,20)21/h2-5,8-9,14H,6-7H2,1H3,(H,22,25)(H,23,24)/t14-/m1/s1. The molecule has 0 bridgehead atoms. The van der Waals surface area contributed by atoms with Crippen molar-refractivity contribution in [2.24, 2.45) is 0 Å². The topological polar surface area (TPSA) is 53.6 Å². The Kier molecular flexibility index (Phi) is 5.62. The number of imidazole rings is 1. The van der Waals surface area contributed by atoms with Crippen LogP contribution in [0.25, 0.3) is 11.0 Å². The first-order valence-corrected chi connectivity index (χ1v) is 9.58. The average Bonchev–Trinajstić information content (AvgIpc) is 3.02. The van der Waals surface area contributed by atoms with E-state index in [1.165, 1.54) is 0 Å². The Balaban J connectivity index is 1.89. The van der Waals surface area contributed by atoms with Crippen LogP contribution in [0.1, 0.15) is 23.9 Å². The third kappa shape index (κ3) is 4.24. The number of aromatic nitrogens is 3. The first kappa shape index (κ1) is 18.8. The lowest BCUT2D eigenvalue weighted by molar-refractivity contribution is -0.137. The van der Waals surface area contributed by atoms with E-state index in [0.29, 0.717) is 12.2 Å². The number of rotatable bonds is 6. The van der Waals surface area contributed by atoms with Crippen molar-refractivity contribution in [3.8, 4) is 0 Å². The minimum absolute atomic E-state index is 0.0786. The molecule has 9 heteroatoms. The van der Waals surface area contributed by atoms with Crippen molar-refractivity contribution in [1.82, 2.24) is 15.0 Å². The highest BCUT2D eigenvalue weighted by Gasteiger charge is 2.31. The van der Waals surface area contributed by atoms with Gasteiger partial charge in [0.1, 0.15) is 11.6 Å². The molecule has 2 heterocycles. The second kappa shape index (κ2) is 7.75. The van der Waals surface area contributed by atoms with Crippen LogP contribution in [0.2, 0.25) is 5.02 Å². The number of H-pyrrole nitrogens is 1. The number of pyridine rings is 1. The molecule has 0 aliphatic heterocycles. The molecule has 3 aromatic rings. The molecule has 0 unspecified atom stereocenters. The zero-order valence-corrected chi connectivity index (χ0v) is 15.3. The molecule has 4 nitrogen and oxygen atoms in total. The molecular formula is C17H16ClF3N4S. The fraction of sp³-hybridized carbons (Fsp3) is 0.294. The van der Waals surface area contributed by atoms with E-state index >= 15 is 0 Å². The maximum atomic E-state index is 12.8. The summed E-state index contributed by atoms with van der Waals surface area (Å²) in [5, 5.41) is 3.04. The van der Waals surface area contributed by atoms with Gasteiger partial charge in [-0.05, 0) is 36.6 Å². The number of hydrogen-bond acceptors (Lipinski definition) is 4. The molecule has 0 saturated carbocycles. The van der Waals surface area contributed by atoms with Crippen molar-refractivity contribution < 1.29 is 13.2 Å². The van der Waals surface area contributed by atoms with Crippen LogP contribution in [0.4, 0.5) is 19.0 Å². The lowest BCUT2D eigenvalue weighted by Crippen LogP contribution is -2.15. The number of fused-ring (bicyclic) bond motifs is 1. The first-order valence-electron chi connectivity index (χ1n) is 7.81. The van der Waals surface area contributed by atoms with Gasteiger partial charge in [0.15, 0.2) is 0 Å². The van der Waals surface area contributed by atoms with Crippen LogP contribution in [-0.4, -0.2) is 27.0 Å². The number of anilines is 1. The number of hydrogen-bond donors (Lipinski definition) is 2. The molecule has 1 aromatic carbocycles. The largest absolute Gasteiger partial charge is 0.417 e. The van der Waals surface area contributed by atoms with Crippen LogP contribution in [-0.2, 0) is 6.18 Å². The SMILES string of the molecule is CSCC[C@@H](Nc1ncc(C(F)(F)F)cc1Cl)c1nc2ccccc2[nH]1. The van der Waals surface area contributed by atoms with E-state index in [2.05, 4.69) is 20.3 Å². The number of benzene rings is 1. The summed E-state index contributed by atoms with van der Waals surface area (Å²) < 4.78 is 38.3. The quantitative estimate of drug-likeness (QED) is 0.570. The third-order valence-electron chi connectivity index (χ3n) is 3.83. The average molecular weight is 401 g/mol. The zero-order valence-electron chi connectivity index (χ0n) is 13.8. The molecule has 26 heavy (non-hydrogen) atoms. The fourth-order valence-electron chi connectivity index (χ4n) is 2.51. The van der Waals surface area contributed by atoms with E-state index < -0.39 is 11.7 Å². The molecule has 138 valence electrons. The van der Waals surface area contributed by atoms with Crippen molar-refractivity contribution in [2.45, 2.75) is 18.6 Å².